The fourth-order valence-corrected chi connectivity index (χ4v) is 3.71. The van der Waals surface area contributed by atoms with E-state index in [2.05, 4.69) is 17.0 Å². The number of fused-ring (bicyclic) bond motifs is 1. The van der Waals surface area contributed by atoms with Crippen LogP contribution >= 0.6 is 11.3 Å². The first-order chi connectivity index (χ1) is 12.2. The number of benzene rings is 1. The molecule has 0 aliphatic rings. The summed E-state index contributed by atoms with van der Waals surface area (Å²) < 4.78 is 3.98. The lowest BCUT2D eigenvalue weighted by atomic mass is 9.98. The predicted molar refractivity (Wildman–Crippen MR) is 97.5 cm³/mol. The lowest BCUT2D eigenvalue weighted by Gasteiger charge is -2.09. The van der Waals surface area contributed by atoms with Crippen molar-refractivity contribution in [3.05, 3.63) is 75.8 Å². The molecule has 3 aromatic heterocycles. The number of thiazole rings is 1. The van der Waals surface area contributed by atoms with Crippen molar-refractivity contribution in [1.82, 2.24) is 19.5 Å². The molecule has 4 aromatic rings. The molecule has 25 heavy (non-hydrogen) atoms. The zero-order valence-corrected chi connectivity index (χ0v) is 14.6. The Morgan fingerprint density at radius 1 is 1.20 bits per heavy atom. The molecule has 0 saturated carbocycles. The van der Waals surface area contributed by atoms with E-state index in [1.165, 1.54) is 23.2 Å². The molecule has 3 heterocycles. The van der Waals surface area contributed by atoms with Crippen LogP contribution in [-0.2, 0) is 0 Å². The molecule has 0 aliphatic carbocycles. The van der Waals surface area contributed by atoms with Crippen molar-refractivity contribution in [3.63, 3.8) is 0 Å². The molecule has 7 heteroatoms. The van der Waals surface area contributed by atoms with Gasteiger partial charge in [-0.3, -0.25) is 4.79 Å². The second-order valence-electron chi connectivity index (χ2n) is 5.67. The van der Waals surface area contributed by atoms with Crippen LogP contribution in [0, 0.1) is 0 Å². The first kappa shape index (κ1) is 15.6. The van der Waals surface area contributed by atoms with Gasteiger partial charge < -0.3 is 4.84 Å². The van der Waals surface area contributed by atoms with Crippen LogP contribution in [0.1, 0.15) is 24.1 Å². The molecule has 0 N–H and O–H groups in total. The second kappa shape index (κ2) is 6.18. The quantitative estimate of drug-likeness (QED) is 0.567. The fraction of sp³-hybridized carbons (Fsp3) is 0.167. The molecule has 0 spiro atoms. The summed E-state index contributed by atoms with van der Waals surface area (Å²) in [6.45, 7) is 2.10. The van der Waals surface area contributed by atoms with Gasteiger partial charge in [0.15, 0.2) is 5.82 Å². The van der Waals surface area contributed by atoms with Gasteiger partial charge in [-0.1, -0.05) is 30.4 Å². The van der Waals surface area contributed by atoms with Crippen LogP contribution < -0.4 is 9.71 Å². The first-order valence-corrected chi connectivity index (χ1v) is 8.66. The normalized spacial score (nSPS) is 12.4. The van der Waals surface area contributed by atoms with E-state index in [4.69, 9.17) is 4.84 Å². The van der Waals surface area contributed by atoms with Crippen molar-refractivity contribution in [1.29, 1.82) is 0 Å². The molecule has 6 nitrogen and oxygen atoms in total. The third-order valence-electron chi connectivity index (χ3n) is 4.19. The number of hydrogen-bond donors (Lipinski definition) is 0. The van der Waals surface area contributed by atoms with E-state index in [0.29, 0.717) is 0 Å². The van der Waals surface area contributed by atoms with Crippen LogP contribution in [0.2, 0.25) is 0 Å². The Labute approximate surface area is 147 Å². The van der Waals surface area contributed by atoms with Crippen LogP contribution in [-0.4, -0.2) is 26.6 Å². The van der Waals surface area contributed by atoms with Gasteiger partial charge >= 0.3 is 4.87 Å². The van der Waals surface area contributed by atoms with E-state index >= 15 is 0 Å². The van der Waals surface area contributed by atoms with Gasteiger partial charge in [0, 0.05) is 18.3 Å². The van der Waals surface area contributed by atoms with Gasteiger partial charge in [0.25, 0.3) is 0 Å². The van der Waals surface area contributed by atoms with E-state index in [1.54, 1.807) is 10.9 Å². The van der Waals surface area contributed by atoms with Crippen molar-refractivity contribution < 1.29 is 4.84 Å². The highest BCUT2D eigenvalue weighted by Crippen LogP contribution is 2.27. The average molecular weight is 352 g/mol. The Kier molecular flexibility index (Phi) is 3.85. The average Bonchev–Trinajstić information content (AvgIpc) is 3.25. The van der Waals surface area contributed by atoms with Crippen LogP contribution in [0.4, 0.5) is 0 Å². The Bertz CT molecular complexity index is 1080. The Hall–Kier alpha value is -2.93. The highest BCUT2D eigenvalue weighted by molar-refractivity contribution is 7.16. The van der Waals surface area contributed by atoms with Crippen molar-refractivity contribution in [2.75, 3.05) is 7.11 Å². The molecule has 1 aromatic carbocycles. The molecule has 1 atom stereocenters. The van der Waals surface area contributed by atoms with Crippen molar-refractivity contribution in [2.45, 2.75) is 12.8 Å². The Morgan fingerprint density at radius 3 is 2.84 bits per heavy atom. The minimum Gasteiger partial charge on any atom is -0.413 e. The number of pyridine rings is 1. The molecule has 0 radical (unpaired) electrons. The van der Waals surface area contributed by atoms with Gasteiger partial charge in [0.1, 0.15) is 12.6 Å². The van der Waals surface area contributed by atoms with Crippen molar-refractivity contribution in [2.24, 2.45) is 0 Å². The fourth-order valence-electron chi connectivity index (χ4n) is 2.81. The third kappa shape index (κ3) is 2.72. The minimum atomic E-state index is -0.123. The number of aromatic nitrogens is 4. The van der Waals surface area contributed by atoms with Crippen molar-refractivity contribution in [3.8, 4) is 5.82 Å². The predicted octanol–water partition coefficient (Wildman–Crippen LogP) is 2.85. The van der Waals surface area contributed by atoms with Gasteiger partial charge in [-0.15, -0.1) is 4.73 Å². The third-order valence-corrected chi connectivity index (χ3v) is 5.07. The molecule has 0 aliphatic heterocycles. The zero-order valence-electron chi connectivity index (χ0n) is 13.8. The SMILES string of the molecule is COn1c(=O)sc2cc(C(C)c3ccn(-c4ccccn4)n3)ccc21. The summed E-state index contributed by atoms with van der Waals surface area (Å²) in [4.78, 5) is 21.2. The summed E-state index contributed by atoms with van der Waals surface area (Å²) >= 11 is 1.18. The van der Waals surface area contributed by atoms with Gasteiger partial charge in [-0.05, 0) is 35.9 Å². The summed E-state index contributed by atoms with van der Waals surface area (Å²) in [5.41, 5.74) is 2.83. The highest BCUT2D eigenvalue weighted by atomic mass is 32.1. The monoisotopic (exact) mass is 352 g/mol. The summed E-state index contributed by atoms with van der Waals surface area (Å²) in [6, 6.07) is 13.7. The number of hydrogen-bond acceptors (Lipinski definition) is 5. The van der Waals surface area contributed by atoms with Crippen LogP contribution in [0.5, 0.6) is 0 Å². The topological polar surface area (TPSA) is 61.9 Å². The van der Waals surface area contributed by atoms with Crippen LogP contribution in [0.15, 0.2) is 59.7 Å². The zero-order chi connectivity index (χ0) is 17.4. The molecule has 0 amide bonds. The van der Waals surface area contributed by atoms with E-state index < -0.39 is 0 Å². The van der Waals surface area contributed by atoms with Crippen LogP contribution in [0.3, 0.4) is 0 Å². The lowest BCUT2D eigenvalue weighted by Crippen LogP contribution is -2.18. The summed E-state index contributed by atoms with van der Waals surface area (Å²) in [5.74, 6) is 0.884. The van der Waals surface area contributed by atoms with Crippen molar-refractivity contribution >= 4 is 21.6 Å². The van der Waals surface area contributed by atoms with E-state index in [0.717, 1.165) is 27.3 Å². The van der Waals surface area contributed by atoms with E-state index in [-0.39, 0.29) is 10.8 Å². The van der Waals surface area contributed by atoms with Gasteiger partial charge in [0.05, 0.1) is 10.4 Å². The molecular weight excluding hydrogens is 336 g/mol. The smallest absolute Gasteiger partial charge is 0.340 e. The maximum absolute atomic E-state index is 11.9. The lowest BCUT2D eigenvalue weighted by molar-refractivity contribution is 0.173. The van der Waals surface area contributed by atoms with Gasteiger partial charge in [0.2, 0.25) is 0 Å². The Balaban J connectivity index is 1.69. The minimum absolute atomic E-state index is 0.0996. The standard InChI is InChI=1S/C18H16N4O2S/c1-12(14-8-10-21(20-14)17-5-3-4-9-19-17)13-6-7-15-16(11-13)25-18(23)22(15)24-2/h3-12H,1-2H3. The molecule has 0 fully saturated rings. The molecule has 126 valence electrons. The molecule has 0 bridgehead atoms. The molecule has 1 unspecified atom stereocenters. The maximum Gasteiger partial charge on any atom is 0.340 e. The highest BCUT2D eigenvalue weighted by Gasteiger charge is 2.15. The second-order valence-corrected chi connectivity index (χ2v) is 6.66. The maximum atomic E-state index is 11.9. The summed E-state index contributed by atoms with van der Waals surface area (Å²) in [6.07, 6.45) is 3.66. The number of nitrogens with zero attached hydrogens (tertiary/aromatic N) is 4. The first-order valence-electron chi connectivity index (χ1n) is 7.84. The van der Waals surface area contributed by atoms with E-state index in [1.807, 2.05) is 48.7 Å². The van der Waals surface area contributed by atoms with Crippen LogP contribution in [0.25, 0.3) is 16.0 Å². The summed E-state index contributed by atoms with van der Waals surface area (Å²) in [7, 11) is 1.49. The number of rotatable bonds is 4. The molecule has 0 saturated heterocycles. The largest absolute Gasteiger partial charge is 0.413 e. The summed E-state index contributed by atoms with van der Waals surface area (Å²) in [5, 5.41) is 4.64. The Morgan fingerprint density at radius 2 is 2.08 bits per heavy atom. The van der Waals surface area contributed by atoms with Gasteiger partial charge in [-0.2, -0.15) is 5.10 Å². The molecule has 4 rings (SSSR count). The van der Waals surface area contributed by atoms with Gasteiger partial charge in [-0.25, -0.2) is 9.67 Å². The molecular formula is C18H16N4O2S. The van der Waals surface area contributed by atoms with E-state index in [9.17, 15) is 4.79 Å².